The smallest absolute Gasteiger partial charge is 0.164 e. The molecule has 0 saturated heterocycles. The number of benzene rings is 1. The fourth-order valence-corrected chi connectivity index (χ4v) is 2.75. The molecule has 0 spiro atoms. The maximum atomic E-state index is 6.13. The Morgan fingerprint density at radius 2 is 1.95 bits per heavy atom. The minimum absolute atomic E-state index is 0.490. The summed E-state index contributed by atoms with van der Waals surface area (Å²) in [6.45, 7) is 2.01. The van der Waals surface area contributed by atoms with Crippen molar-refractivity contribution in [3.8, 4) is 5.69 Å². The van der Waals surface area contributed by atoms with E-state index in [4.69, 9.17) is 34.8 Å². The minimum atomic E-state index is 0.490. The molecule has 0 aliphatic rings. The number of hydrogen-bond acceptors (Lipinski definition) is 2. The molecule has 3 nitrogen and oxygen atoms in total. The van der Waals surface area contributed by atoms with E-state index in [1.54, 1.807) is 12.3 Å². The van der Waals surface area contributed by atoms with Crippen molar-refractivity contribution in [1.29, 1.82) is 0 Å². The van der Waals surface area contributed by atoms with Gasteiger partial charge in [-0.05, 0) is 36.8 Å². The molecule has 0 radical (unpaired) electrons. The Morgan fingerprint density at radius 3 is 2.67 bits per heavy atom. The first kappa shape index (κ1) is 14.6. The van der Waals surface area contributed by atoms with E-state index in [2.05, 4.69) is 9.97 Å². The number of hydrogen-bond donors (Lipinski definition) is 0. The molecule has 2 aromatic heterocycles. The Morgan fingerprint density at radius 1 is 1.14 bits per heavy atom. The third-order valence-corrected chi connectivity index (χ3v) is 4.22. The number of alkyl halides is 1. The molecule has 0 amide bonds. The summed E-state index contributed by atoms with van der Waals surface area (Å²) in [6.07, 6.45) is 2.43. The van der Waals surface area contributed by atoms with Gasteiger partial charge in [-0.15, -0.1) is 11.6 Å². The molecule has 3 aromatic rings. The Hall–Kier alpha value is -1.29. The average Bonchev–Trinajstić information content (AvgIpc) is 2.82. The van der Waals surface area contributed by atoms with Gasteiger partial charge in [0.15, 0.2) is 5.65 Å². The monoisotopic (exact) mass is 339 g/mol. The second kappa shape index (κ2) is 5.84. The van der Waals surface area contributed by atoms with Crippen molar-refractivity contribution in [2.75, 3.05) is 5.88 Å². The van der Waals surface area contributed by atoms with E-state index in [-0.39, 0.29) is 0 Å². The molecule has 21 heavy (non-hydrogen) atoms. The van der Waals surface area contributed by atoms with Gasteiger partial charge in [0.05, 0.1) is 15.7 Å². The standard InChI is InChI=1S/C15H12Cl3N3/c1-9-5-7-19-15-14(9)20-13(4-6-16)21(15)10-2-3-11(17)12(18)8-10/h2-3,5,7-8H,4,6H2,1H3. The zero-order chi connectivity index (χ0) is 15.0. The summed E-state index contributed by atoms with van der Waals surface area (Å²) in [6, 6.07) is 7.42. The van der Waals surface area contributed by atoms with Gasteiger partial charge in [-0.25, -0.2) is 9.97 Å². The van der Waals surface area contributed by atoms with Crippen LogP contribution in [-0.2, 0) is 6.42 Å². The molecule has 1 aromatic carbocycles. The lowest BCUT2D eigenvalue weighted by Crippen LogP contribution is -2.03. The molecule has 2 heterocycles. The molecule has 0 unspecified atom stereocenters. The van der Waals surface area contributed by atoms with Crippen LogP contribution in [-0.4, -0.2) is 20.4 Å². The van der Waals surface area contributed by atoms with Crippen LogP contribution in [0.2, 0.25) is 10.0 Å². The minimum Gasteiger partial charge on any atom is -0.281 e. The Bertz CT molecular complexity index is 811. The number of rotatable bonds is 3. The van der Waals surface area contributed by atoms with Crippen molar-refractivity contribution in [3.05, 3.63) is 51.9 Å². The zero-order valence-corrected chi connectivity index (χ0v) is 13.5. The van der Waals surface area contributed by atoms with Crippen LogP contribution in [0, 0.1) is 6.92 Å². The highest BCUT2D eigenvalue weighted by Gasteiger charge is 2.15. The van der Waals surface area contributed by atoms with Gasteiger partial charge >= 0.3 is 0 Å². The molecule has 3 rings (SSSR count). The normalized spacial score (nSPS) is 11.2. The SMILES string of the molecule is Cc1ccnc2c1nc(CCCl)n2-c1ccc(Cl)c(Cl)c1. The first-order valence-electron chi connectivity index (χ1n) is 6.46. The fraction of sp³-hybridized carbons (Fsp3) is 0.200. The summed E-state index contributed by atoms with van der Waals surface area (Å²) >= 11 is 18.0. The largest absolute Gasteiger partial charge is 0.281 e. The molecule has 0 fully saturated rings. The summed E-state index contributed by atoms with van der Waals surface area (Å²) in [4.78, 5) is 9.13. The third kappa shape index (κ3) is 2.61. The quantitative estimate of drug-likeness (QED) is 0.640. The number of aromatic nitrogens is 3. The van der Waals surface area contributed by atoms with Gasteiger partial charge in [0.2, 0.25) is 0 Å². The van der Waals surface area contributed by atoms with Crippen molar-refractivity contribution >= 4 is 46.0 Å². The second-order valence-electron chi connectivity index (χ2n) is 4.70. The highest BCUT2D eigenvalue weighted by molar-refractivity contribution is 6.42. The summed E-state index contributed by atoms with van der Waals surface area (Å²) < 4.78 is 1.98. The van der Waals surface area contributed by atoms with Crippen molar-refractivity contribution in [1.82, 2.24) is 14.5 Å². The Labute approximate surface area is 137 Å². The maximum absolute atomic E-state index is 6.13. The van der Waals surface area contributed by atoms with Crippen molar-refractivity contribution in [2.45, 2.75) is 13.3 Å². The van der Waals surface area contributed by atoms with Crippen LogP contribution >= 0.6 is 34.8 Å². The molecule has 0 atom stereocenters. The predicted octanol–water partition coefficient (Wildman–Crippen LogP) is 4.82. The highest BCUT2D eigenvalue weighted by Crippen LogP contribution is 2.28. The number of fused-ring (bicyclic) bond motifs is 1. The van der Waals surface area contributed by atoms with Crippen molar-refractivity contribution in [3.63, 3.8) is 0 Å². The van der Waals surface area contributed by atoms with Crippen molar-refractivity contribution in [2.24, 2.45) is 0 Å². The first-order valence-corrected chi connectivity index (χ1v) is 7.75. The van der Waals surface area contributed by atoms with Crippen LogP contribution in [0.4, 0.5) is 0 Å². The second-order valence-corrected chi connectivity index (χ2v) is 5.89. The molecule has 0 saturated carbocycles. The van der Waals surface area contributed by atoms with E-state index >= 15 is 0 Å². The van der Waals surface area contributed by atoms with Crippen LogP contribution in [0.25, 0.3) is 16.9 Å². The summed E-state index contributed by atoms with van der Waals surface area (Å²) in [5.74, 6) is 1.35. The number of aryl methyl sites for hydroxylation is 2. The molecule has 0 aliphatic carbocycles. The Kier molecular flexibility index (Phi) is 4.07. The van der Waals surface area contributed by atoms with E-state index in [1.807, 2.05) is 29.7 Å². The molecule has 0 bridgehead atoms. The third-order valence-electron chi connectivity index (χ3n) is 3.30. The lowest BCUT2D eigenvalue weighted by atomic mass is 10.2. The van der Waals surface area contributed by atoms with E-state index in [0.717, 1.165) is 28.2 Å². The summed E-state index contributed by atoms with van der Waals surface area (Å²) in [7, 11) is 0. The fourth-order valence-electron chi connectivity index (χ4n) is 2.29. The van der Waals surface area contributed by atoms with Gasteiger partial charge in [0.1, 0.15) is 11.3 Å². The van der Waals surface area contributed by atoms with Gasteiger partial charge in [-0.2, -0.15) is 0 Å². The molecular formula is C15H12Cl3N3. The highest BCUT2D eigenvalue weighted by atomic mass is 35.5. The predicted molar refractivity (Wildman–Crippen MR) is 88.0 cm³/mol. The topological polar surface area (TPSA) is 30.7 Å². The lowest BCUT2D eigenvalue weighted by molar-refractivity contribution is 0.905. The van der Waals surface area contributed by atoms with E-state index < -0.39 is 0 Å². The number of pyridine rings is 1. The van der Waals surface area contributed by atoms with Crippen LogP contribution in [0.3, 0.4) is 0 Å². The molecule has 0 N–H and O–H groups in total. The molecule has 6 heteroatoms. The Balaban J connectivity index is 2.30. The van der Waals surface area contributed by atoms with Crippen molar-refractivity contribution < 1.29 is 0 Å². The number of halogens is 3. The van der Waals surface area contributed by atoms with Crippen LogP contribution in [0.5, 0.6) is 0 Å². The van der Waals surface area contributed by atoms with Gasteiger partial charge in [0, 0.05) is 18.5 Å². The van der Waals surface area contributed by atoms with E-state index in [1.165, 1.54) is 0 Å². The molecule has 0 aliphatic heterocycles. The van der Waals surface area contributed by atoms with Crippen LogP contribution in [0.15, 0.2) is 30.5 Å². The number of nitrogens with zero attached hydrogens (tertiary/aromatic N) is 3. The van der Waals surface area contributed by atoms with Gasteiger partial charge in [-0.1, -0.05) is 23.2 Å². The zero-order valence-electron chi connectivity index (χ0n) is 11.3. The maximum Gasteiger partial charge on any atom is 0.164 e. The van der Waals surface area contributed by atoms with E-state index in [0.29, 0.717) is 22.3 Å². The van der Waals surface area contributed by atoms with Crippen LogP contribution < -0.4 is 0 Å². The van der Waals surface area contributed by atoms with E-state index in [9.17, 15) is 0 Å². The lowest BCUT2D eigenvalue weighted by Gasteiger charge is -2.09. The van der Waals surface area contributed by atoms with Gasteiger partial charge in [-0.3, -0.25) is 4.57 Å². The average molecular weight is 341 g/mol. The van der Waals surface area contributed by atoms with Gasteiger partial charge in [0.25, 0.3) is 0 Å². The van der Waals surface area contributed by atoms with Crippen LogP contribution in [0.1, 0.15) is 11.4 Å². The summed E-state index contributed by atoms with van der Waals surface area (Å²) in [5, 5.41) is 1.02. The van der Waals surface area contributed by atoms with Gasteiger partial charge < -0.3 is 0 Å². The number of imidazole rings is 1. The summed E-state index contributed by atoms with van der Waals surface area (Å²) in [5.41, 5.74) is 3.64. The molecular weight excluding hydrogens is 329 g/mol. The first-order chi connectivity index (χ1) is 10.1. The molecule has 108 valence electrons.